The van der Waals surface area contributed by atoms with Crippen LogP contribution in [0.5, 0.6) is 0 Å². The summed E-state index contributed by atoms with van der Waals surface area (Å²) in [7, 11) is -3.69. The summed E-state index contributed by atoms with van der Waals surface area (Å²) in [5.41, 5.74) is 0. The van der Waals surface area contributed by atoms with Crippen LogP contribution in [0.2, 0.25) is 0 Å². The molecule has 0 radical (unpaired) electrons. The van der Waals surface area contributed by atoms with Crippen LogP contribution in [0.25, 0.3) is 0 Å². The van der Waals surface area contributed by atoms with Crippen molar-refractivity contribution in [2.45, 2.75) is 18.7 Å². The monoisotopic (exact) mass is 364 g/mol. The number of aromatic nitrogens is 1. The molecule has 3 N–H and O–H groups in total. The lowest BCUT2D eigenvalue weighted by molar-refractivity contribution is -0.118. The summed E-state index contributed by atoms with van der Waals surface area (Å²) in [6.07, 6.45) is 1.52. The highest BCUT2D eigenvalue weighted by Crippen LogP contribution is 2.22. The highest BCUT2D eigenvalue weighted by molar-refractivity contribution is 9.10. The van der Waals surface area contributed by atoms with Crippen LogP contribution in [0.4, 0.5) is 5.82 Å². The van der Waals surface area contributed by atoms with Crippen molar-refractivity contribution in [3.63, 3.8) is 0 Å². The molecule has 7 nitrogen and oxygen atoms in total. The minimum Gasteiger partial charge on any atom is -0.369 e. The van der Waals surface area contributed by atoms with Gasteiger partial charge in [-0.3, -0.25) is 4.79 Å². The Kier molecular flexibility index (Phi) is 6.37. The van der Waals surface area contributed by atoms with Gasteiger partial charge < -0.3 is 10.6 Å². The third-order valence-electron chi connectivity index (χ3n) is 2.24. The Labute approximate surface area is 126 Å². The topological polar surface area (TPSA) is 100 Å². The number of pyridine rings is 1. The Morgan fingerprint density at radius 2 is 2.10 bits per heavy atom. The molecule has 0 aliphatic rings. The predicted molar refractivity (Wildman–Crippen MR) is 80.0 cm³/mol. The van der Waals surface area contributed by atoms with Crippen molar-refractivity contribution in [2.75, 3.05) is 25.0 Å². The van der Waals surface area contributed by atoms with Gasteiger partial charge in [-0.1, -0.05) is 0 Å². The number of halogens is 1. The van der Waals surface area contributed by atoms with E-state index in [1.807, 2.05) is 6.92 Å². The number of nitrogens with one attached hydrogen (secondary N) is 3. The molecule has 1 amide bonds. The molecule has 1 aromatic rings. The summed E-state index contributed by atoms with van der Waals surface area (Å²) in [6.45, 7) is 4.12. The highest BCUT2D eigenvalue weighted by atomic mass is 79.9. The molecule has 20 heavy (non-hydrogen) atoms. The van der Waals surface area contributed by atoms with E-state index in [1.54, 1.807) is 0 Å². The van der Waals surface area contributed by atoms with Crippen molar-refractivity contribution in [2.24, 2.45) is 0 Å². The third kappa shape index (κ3) is 5.06. The lowest BCUT2D eigenvalue weighted by Gasteiger charge is -2.12. The lowest BCUT2D eigenvalue weighted by Crippen LogP contribution is -2.34. The maximum absolute atomic E-state index is 12.2. The molecule has 0 atom stereocenters. The number of sulfonamides is 1. The standard InChI is InChI=1S/C11H17BrN4O3S/c1-3-13-11-10(6-9(12)7-15-11)20(18,19)16-5-4-14-8(2)17/h6-7,16H,3-5H2,1-2H3,(H,13,15)(H,14,17). The number of nitrogens with zero attached hydrogens (tertiary/aromatic N) is 1. The maximum Gasteiger partial charge on any atom is 0.244 e. The van der Waals surface area contributed by atoms with E-state index >= 15 is 0 Å². The van der Waals surface area contributed by atoms with Gasteiger partial charge in [0, 0.05) is 37.2 Å². The number of hydrogen-bond donors (Lipinski definition) is 3. The van der Waals surface area contributed by atoms with Gasteiger partial charge in [-0.25, -0.2) is 18.1 Å². The third-order valence-corrected chi connectivity index (χ3v) is 4.15. The van der Waals surface area contributed by atoms with E-state index < -0.39 is 10.0 Å². The Balaban J connectivity index is 2.85. The van der Waals surface area contributed by atoms with Gasteiger partial charge in [0.2, 0.25) is 15.9 Å². The molecule has 1 aromatic heterocycles. The van der Waals surface area contributed by atoms with Crippen LogP contribution in [0, 0.1) is 0 Å². The SMILES string of the molecule is CCNc1ncc(Br)cc1S(=O)(=O)NCCNC(C)=O. The largest absolute Gasteiger partial charge is 0.369 e. The Hall–Kier alpha value is -1.19. The summed E-state index contributed by atoms with van der Waals surface area (Å²) in [4.78, 5) is 14.8. The van der Waals surface area contributed by atoms with E-state index in [0.29, 0.717) is 16.8 Å². The molecule has 0 saturated carbocycles. The van der Waals surface area contributed by atoms with Crippen molar-refractivity contribution in [3.8, 4) is 0 Å². The van der Waals surface area contributed by atoms with Crippen LogP contribution >= 0.6 is 15.9 Å². The maximum atomic E-state index is 12.2. The zero-order chi connectivity index (χ0) is 15.2. The first-order valence-corrected chi connectivity index (χ1v) is 8.28. The average molecular weight is 365 g/mol. The second-order valence-corrected chi connectivity index (χ2v) is 6.56. The van der Waals surface area contributed by atoms with Gasteiger partial charge >= 0.3 is 0 Å². The molecule has 0 spiro atoms. The number of carbonyl (C=O) groups excluding carboxylic acids is 1. The van der Waals surface area contributed by atoms with Gasteiger partial charge in [0.05, 0.1) is 0 Å². The Morgan fingerprint density at radius 3 is 2.70 bits per heavy atom. The fourth-order valence-electron chi connectivity index (χ4n) is 1.43. The molecule has 112 valence electrons. The molecule has 1 rings (SSSR count). The Morgan fingerprint density at radius 1 is 1.40 bits per heavy atom. The summed E-state index contributed by atoms with van der Waals surface area (Å²) >= 11 is 3.20. The van der Waals surface area contributed by atoms with E-state index in [4.69, 9.17) is 0 Å². The molecule has 0 fully saturated rings. The van der Waals surface area contributed by atoms with E-state index in [0.717, 1.165) is 0 Å². The molecule has 0 aromatic carbocycles. The lowest BCUT2D eigenvalue weighted by atomic mass is 10.4. The molecule has 9 heteroatoms. The smallest absolute Gasteiger partial charge is 0.244 e. The molecule has 0 saturated heterocycles. The summed E-state index contributed by atoms with van der Waals surface area (Å²) in [6, 6.07) is 1.48. The van der Waals surface area contributed by atoms with Gasteiger partial charge in [-0.2, -0.15) is 0 Å². The number of carbonyl (C=O) groups is 1. The molecular weight excluding hydrogens is 348 g/mol. The first-order valence-electron chi connectivity index (χ1n) is 6.00. The molecule has 0 unspecified atom stereocenters. The molecule has 1 heterocycles. The van der Waals surface area contributed by atoms with Gasteiger partial charge in [0.25, 0.3) is 0 Å². The van der Waals surface area contributed by atoms with Crippen LogP contribution < -0.4 is 15.4 Å². The quantitative estimate of drug-likeness (QED) is 0.618. The minimum atomic E-state index is -3.69. The summed E-state index contributed by atoms with van der Waals surface area (Å²) < 4.78 is 27.4. The van der Waals surface area contributed by atoms with Gasteiger partial charge in [0.1, 0.15) is 10.7 Å². The van der Waals surface area contributed by atoms with Crippen LogP contribution in [0.1, 0.15) is 13.8 Å². The van der Waals surface area contributed by atoms with Crippen molar-refractivity contribution < 1.29 is 13.2 Å². The second kappa shape index (κ2) is 7.55. The zero-order valence-corrected chi connectivity index (χ0v) is 13.6. The number of anilines is 1. The Bertz CT molecular complexity index is 577. The molecular formula is C11H17BrN4O3S. The van der Waals surface area contributed by atoms with E-state index in [2.05, 4.69) is 36.3 Å². The fraction of sp³-hybridized carbons (Fsp3) is 0.455. The number of rotatable bonds is 7. The first-order chi connectivity index (χ1) is 9.36. The van der Waals surface area contributed by atoms with Crippen molar-refractivity contribution in [1.29, 1.82) is 0 Å². The summed E-state index contributed by atoms with van der Waals surface area (Å²) in [5.74, 6) is 0.0874. The normalized spacial score (nSPS) is 11.2. The zero-order valence-electron chi connectivity index (χ0n) is 11.2. The van der Waals surface area contributed by atoms with Crippen LogP contribution in [-0.2, 0) is 14.8 Å². The predicted octanol–water partition coefficient (Wildman–Crippen LogP) is 0.690. The highest BCUT2D eigenvalue weighted by Gasteiger charge is 2.19. The molecule has 0 aliphatic carbocycles. The second-order valence-electron chi connectivity index (χ2n) is 3.91. The van der Waals surface area contributed by atoms with Gasteiger partial charge in [-0.05, 0) is 28.9 Å². The van der Waals surface area contributed by atoms with Crippen molar-refractivity contribution in [3.05, 3.63) is 16.7 Å². The van der Waals surface area contributed by atoms with E-state index in [1.165, 1.54) is 19.2 Å². The number of amides is 1. The first kappa shape index (κ1) is 16.9. The van der Waals surface area contributed by atoms with Gasteiger partial charge in [-0.15, -0.1) is 0 Å². The van der Waals surface area contributed by atoms with Gasteiger partial charge in [0.15, 0.2) is 0 Å². The average Bonchev–Trinajstić information content (AvgIpc) is 2.37. The van der Waals surface area contributed by atoms with Crippen LogP contribution in [-0.4, -0.2) is 38.9 Å². The number of hydrogen-bond acceptors (Lipinski definition) is 5. The van der Waals surface area contributed by atoms with Crippen molar-refractivity contribution in [1.82, 2.24) is 15.0 Å². The summed E-state index contributed by atoms with van der Waals surface area (Å²) in [5, 5.41) is 5.41. The van der Waals surface area contributed by atoms with Crippen LogP contribution in [0.3, 0.4) is 0 Å². The molecule has 0 bridgehead atoms. The van der Waals surface area contributed by atoms with E-state index in [-0.39, 0.29) is 23.9 Å². The fourth-order valence-corrected chi connectivity index (χ4v) is 3.10. The van der Waals surface area contributed by atoms with Crippen molar-refractivity contribution >= 4 is 37.7 Å². The van der Waals surface area contributed by atoms with E-state index in [9.17, 15) is 13.2 Å². The molecule has 0 aliphatic heterocycles. The van der Waals surface area contributed by atoms with Crippen LogP contribution in [0.15, 0.2) is 21.6 Å². The minimum absolute atomic E-state index is 0.0663.